The minimum atomic E-state index is -0.412. The molecular formula is C27H30FN5O2. The van der Waals surface area contributed by atoms with Crippen LogP contribution in [0, 0.1) is 5.82 Å². The summed E-state index contributed by atoms with van der Waals surface area (Å²) < 4.78 is 20.6. The van der Waals surface area contributed by atoms with Crippen LogP contribution in [-0.2, 0) is 4.79 Å². The fourth-order valence-corrected chi connectivity index (χ4v) is 3.50. The highest BCUT2D eigenvalue weighted by atomic mass is 19.1. The summed E-state index contributed by atoms with van der Waals surface area (Å²) in [4.78, 5) is 16.7. The number of unbranched alkanes of at least 4 members (excludes halogenated alkanes) is 1. The van der Waals surface area contributed by atoms with Gasteiger partial charge in [-0.15, -0.1) is 0 Å². The molecular weight excluding hydrogens is 445 g/mol. The van der Waals surface area contributed by atoms with Crippen LogP contribution in [0.4, 0.5) is 10.1 Å². The highest BCUT2D eigenvalue weighted by molar-refractivity contribution is 6.07. The highest BCUT2D eigenvalue weighted by Crippen LogP contribution is 2.26. The molecule has 8 heteroatoms. The number of halogens is 1. The Morgan fingerprint density at radius 2 is 2.14 bits per heavy atom. The number of carbonyl (C=O) groups excluding carboxylic acids is 1. The maximum absolute atomic E-state index is 14.9. The van der Waals surface area contributed by atoms with Crippen LogP contribution in [0.25, 0.3) is 16.6 Å². The lowest BCUT2D eigenvalue weighted by Crippen LogP contribution is -2.30. The van der Waals surface area contributed by atoms with Crippen LogP contribution in [0.5, 0.6) is 5.75 Å². The van der Waals surface area contributed by atoms with Gasteiger partial charge in [0.1, 0.15) is 17.4 Å². The molecule has 2 aromatic carbocycles. The molecule has 35 heavy (non-hydrogen) atoms. The van der Waals surface area contributed by atoms with Crippen molar-refractivity contribution in [3.63, 3.8) is 0 Å². The highest BCUT2D eigenvalue weighted by Gasteiger charge is 2.23. The second kappa shape index (κ2) is 11.5. The summed E-state index contributed by atoms with van der Waals surface area (Å²) in [7, 11) is 0. The number of rotatable bonds is 10. The first-order valence-corrected chi connectivity index (χ1v) is 11.9. The third-order valence-corrected chi connectivity index (χ3v) is 5.43. The Bertz CT molecular complexity index is 1270. The summed E-state index contributed by atoms with van der Waals surface area (Å²) in [6, 6.07) is 10.6. The molecule has 1 aliphatic rings. The van der Waals surface area contributed by atoms with E-state index in [0.29, 0.717) is 22.8 Å². The number of aromatic nitrogens is 2. The molecule has 1 saturated carbocycles. The number of H-pyrrole nitrogens is 1. The number of amidine groups is 1. The normalized spacial score (nSPS) is 14.5. The fourth-order valence-electron chi connectivity index (χ4n) is 3.50. The summed E-state index contributed by atoms with van der Waals surface area (Å²) in [5.41, 5.74) is 2.58. The third-order valence-electron chi connectivity index (χ3n) is 5.43. The van der Waals surface area contributed by atoms with Crippen LogP contribution in [0.15, 0.2) is 65.8 Å². The summed E-state index contributed by atoms with van der Waals surface area (Å²) in [5.74, 6) is 0.390. The lowest BCUT2D eigenvalue weighted by molar-refractivity contribution is -0.123. The largest absolute Gasteiger partial charge is 0.484 e. The van der Waals surface area contributed by atoms with Gasteiger partial charge in [0.15, 0.2) is 6.61 Å². The van der Waals surface area contributed by atoms with Crippen LogP contribution in [0.2, 0.25) is 0 Å². The molecule has 3 N–H and O–H groups in total. The van der Waals surface area contributed by atoms with Crippen molar-refractivity contribution >= 4 is 34.0 Å². The van der Waals surface area contributed by atoms with Gasteiger partial charge in [-0.05, 0) is 68.7 Å². The first-order valence-electron chi connectivity index (χ1n) is 11.9. The van der Waals surface area contributed by atoms with Crippen molar-refractivity contribution < 1.29 is 13.9 Å². The molecule has 1 heterocycles. The van der Waals surface area contributed by atoms with Crippen molar-refractivity contribution in [1.29, 1.82) is 0 Å². The minimum absolute atomic E-state index is 0.110. The number of fused-ring (bicyclic) bond motifs is 1. The topological polar surface area (TPSA) is 91.4 Å². The first kappa shape index (κ1) is 24.2. The van der Waals surface area contributed by atoms with E-state index in [9.17, 15) is 9.18 Å². The van der Waals surface area contributed by atoms with Gasteiger partial charge >= 0.3 is 0 Å². The number of aromatic amines is 1. The van der Waals surface area contributed by atoms with Crippen molar-refractivity contribution in [3.8, 4) is 5.75 Å². The number of carbonyl (C=O) groups is 1. The van der Waals surface area contributed by atoms with Crippen molar-refractivity contribution in [2.45, 2.75) is 45.6 Å². The SMILES string of the molecule is C/C=C\C(=NC(=CCCC)c1cc(OCC(=O)NC2CC2)ccc1F)Nc1ccc2[nH]ncc2c1. The number of allylic oxidation sites excluding steroid dienone is 2. The lowest BCUT2D eigenvalue weighted by atomic mass is 10.1. The van der Waals surface area contributed by atoms with Gasteiger partial charge in [-0.25, -0.2) is 9.38 Å². The van der Waals surface area contributed by atoms with Crippen molar-refractivity contribution in [3.05, 3.63) is 72.2 Å². The molecule has 3 aromatic rings. The number of nitrogens with zero attached hydrogens (tertiary/aromatic N) is 2. The number of hydrogen-bond acceptors (Lipinski definition) is 4. The Labute approximate surface area is 204 Å². The summed E-state index contributed by atoms with van der Waals surface area (Å²) >= 11 is 0. The quantitative estimate of drug-likeness (QED) is 0.263. The number of anilines is 1. The van der Waals surface area contributed by atoms with Gasteiger partial charge in [-0.1, -0.05) is 25.5 Å². The van der Waals surface area contributed by atoms with Crippen LogP contribution in [0.1, 0.15) is 45.1 Å². The number of amides is 1. The van der Waals surface area contributed by atoms with Crippen LogP contribution < -0.4 is 15.4 Å². The molecule has 4 rings (SSSR count). The molecule has 1 aliphatic carbocycles. The number of nitrogens with one attached hydrogen (secondary N) is 3. The van der Waals surface area contributed by atoms with E-state index in [1.165, 1.54) is 12.1 Å². The molecule has 0 unspecified atom stereocenters. The molecule has 0 radical (unpaired) electrons. The van der Waals surface area contributed by atoms with E-state index in [2.05, 4.69) is 27.8 Å². The molecule has 1 amide bonds. The molecule has 7 nitrogen and oxygen atoms in total. The van der Waals surface area contributed by atoms with E-state index in [0.717, 1.165) is 42.3 Å². The molecule has 0 aliphatic heterocycles. The number of aliphatic imine (C=N–C) groups is 1. The summed E-state index contributed by atoms with van der Waals surface area (Å²) in [6.07, 6.45) is 11.0. The zero-order valence-corrected chi connectivity index (χ0v) is 20.0. The van der Waals surface area contributed by atoms with E-state index in [4.69, 9.17) is 9.73 Å². The Morgan fingerprint density at radius 1 is 1.29 bits per heavy atom. The van der Waals surface area contributed by atoms with Crippen LogP contribution in [0.3, 0.4) is 0 Å². The zero-order chi connectivity index (χ0) is 24.6. The molecule has 1 fully saturated rings. The maximum Gasteiger partial charge on any atom is 0.258 e. The minimum Gasteiger partial charge on any atom is -0.484 e. The Kier molecular flexibility index (Phi) is 7.92. The van der Waals surface area contributed by atoms with E-state index >= 15 is 0 Å². The number of ether oxygens (including phenoxy) is 1. The monoisotopic (exact) mass is 475 g/mol. The Balaban J connectivity index is 1.59. The average molecular weight is 476 g/mol. The van der Waals surface area contributed by atoms with Gasteiger partial charge in [0.2, 0.25) is 0 Å². The molecule has 0 atom stereocenters. The molecule has 0 spiro atoms. The molecule has 182 valence electrons. The second-order valence-corrected chi connectivity index (χ2v) is 8.44. The van der Waals surface area contributed by atoms with Gasteiger partial charge in [0.25, 0.3) is 5.91 Å². The van der Waals surface area contributed by atoms with E-state index in [1.54, 1.807) is 12.3 Å². The van der Waals surface area contributed by atoms with Crippen molar-refractivity contribution in [2.75, 3.05) is 11.9 Å². The zero-order valence-electron chi connectivity index (χ0n) is 20.0. The fraction of sp³-hybridized carbons (Fsp3) is 0.296. The number of benzene rings is 2. The predicted molar refractivity (Wildman–Crippen MR) is 138 cm³/mol. The van der Waals surface area contributed by atoms with E-state index in [-0.39, 0.29) is 18.6 Å². The summed E-state index contributed by atoms with van der Waals surface area (Å²) in [6.45, 7) is 3.84. The average Bonchev–Trinajstić information content (AvgIpc) is 3.54. The smallest absolute Gasteiger partial charge is 0.258 e. The van der Waals surface area contributed by atoms with Gasteiger partial charge < -0.3 is 15.4 Å². The Morgan fingerprint density at radius 3 is 2.91 bits per heavy atom. The third kappa shape index (κ3) is 6.79. The summed E-state index contributed by atoms with van der Waals surface area (Å²) in [5, 5.41) is 14.2. The number of hydrogen-bond donors (Lipinski definition) is 3. The van der Waals surface area contributed by atoms with Crippen molar-refractivity contribution in [2.24, 2.45) is 4.99 Å². The standard InChI is InChI=1S/C27H30FN5O2/c1-3-5-7-25(22-15-21(11-12-23(22)28)35-17-27(34)31-19-8-9-19)32-26(6-4-2)30-20-10-13-24-18(14-20)16-29-33-24/h4,6-7,10-16,19H,3,5,8-9,17H2,1-2H3,(H,29,33)(H,30,32)(H,31,34)/b6-4-,25-7?. The van der Waals surface area contributed by atoms with Gasteiger partial charge in [0.05, 0.1) is 17.4 Å². The van der Waals surface area contributed by atoms with Gasteiger partial charge in [-0.2, -0.15) is 5.10 Å². The predicted octanol–water partition coefficient (Wildman–Crippen LogP) is 5.59. The van der Waals surface area contributed by atoms with Crippen molar-refractivity contribution in [1.82, 2.24) is 15.5 Å². The lowest BCUT2D eigenvalue weighted by Gasteiger charge is -2.12. The first-order chi connectivity index (χ1) is 17.1. The molecule has 0 bridgehead atoms. The second-order valence-electron chi connectivity index (χ2n) is 8.44. The maximum atomic E-state index is 14.9. The van der Waals surface area contributed by atoms with Gasteiger partial charge in [0, 0.05) is 22.7 Å². The van der Waals surface area contributed by atoms with Crippen LogP contribution >= 0.6 is 0 Å². The van der Waals surface area contributed by atoms with E-state index in [1.807, 2.05) is 43.4 Å². The van der Waals surface area contributed by atoms with Gasteiger partial charge in [-0.3, -0.25) is 9.89 Å². The van der Waals surface area contributed by atoms with Crippen LogP contribution in [-0.4, -0.2) is 34.6 Å². The molecule has 1 aromatic heterocycles. The molecule has 0 saturated heterocycles. The Hall–Kier alpha value is -3.94. The van der Waals surface area contributed by atoms with E-state index < -0.39 is 5.82 Å².